The minimum absolute atomic E-state index is 0.0218. The van der Waals surface area contributed by atoms with Crippen LogP contribution in [0.2, 0.25) is 0 Å². The third kappa shape index (κ3) is 5.05. The molecule has 0 unspecified atom stereocenters. The lowest BCUT2D eigenvalue weighted by Crippen LogP contribution is -2.57. The highest BCUT2D eigenvalue weighted by Gasteiger charge is 2.37. The average Bonchev–Trinajstić information content (AvgIpc) is 2.81. The number of likely N-dealkylation sites (tertiary alicyclic amines) is 1. The number of hydrogen-bond acceptors (Lipinski definition) is 4. The Morgan fingerprint density at radius 1 is 1.09 bits per heavy atom. The molecular formula is C25H32N4O4. The average molecular weight is 453 g/mol. The Balaban J connectivity index is 1.38. The predicted octanol–water partition coefficient (Wildman–Crippen LogP) is 2.33. The van der Waals surface area contributed by atoms with Crippen molar-refractivity contribution in [3.05, 3.63) is 64.1 Å². The second kappa shape index (κ2) is 9.68. The minimum atomic E-state index is -0.632. The summed E-state index contributed by atoms with van der Waals surface area (Å²) in [5.74, 6) is 0.870. The maximum atomic E-state index is 13.1. The predicted molar refractivity (Wildman–Crippen MR) is 125 cm³/mol. The molecule has 2 aromatic rings. The van der Waals surface area contributed by atoms with E-state index < -0.39 is 6.04 Å². The molecule has 3 atom stereocenters. The number of aromatic nitrogens is 1. The molecule has 176 valence electrons. The van der Waals surface area contributed by atoms with Crippen LogP contribution in [0, 0.1) is 11.8 Å². The molecule has 4 rings (SSSR count). The van der Waals surface area contributed by atoms with Gasteiger partial charge >= 0.3 is 6.03 Å². The van der Waals surface area contributed by atoms with E-state index in [0.29, 0.717) is 26.2 Å². The van der Waals surface area contributed by atoms with Crippen LogP contribution in [0.15, 0.2) is 47.3 Å². The van der Waals surface area contributed by atoms with E-state index in [1.807, 2.05) is 48.7 Å². The number of carbonyl (C=O) groups is 2. The van der Waals surface area contributed by atoms with Crippen molar-refractivity contribution >= 4 is 11.9 Å². The van der Waals surface area contributed by atoms with E-state index in [1.54, 1.807) is 24.1 Å². The molecule has 3 amide bonds. The first-order valence-corrected chi connectivity index (χ1v) is 11.5. The summed E-state index contributed by atoms with van der Waals surface area (Å²) in [6.45, 7) is 5.98. The van der Waals surface area contributed by atoms with Crippen LogP contribution < -0.4 is 20.9 Å². The maximum Gasteiger partial charge on any atom is 0.318 e. The molecular weight excluding hydrogens is 420 g/mol. The minimum Gasteiger partial charge on any atom is -0.497 e. The van der Waals surface area contributed by atoms with Gasteiger partial charge in [-0.1, -0.05) is 32.0 Å². The fourth-order valence-electron chi connectivity index (χ4n) is 4.86. The zero-order valence-corrected chi connectivity index (χ0v) is 19.4. The van der Waals surface area contributed by atoms with Crippen LogP contribution in [-0.2, 0) is 17.9 Å². The van der Waals surface area contributed by atoms with Crippen molar-refractivity contribution in [1.82, 2.24) is 20.1 Å². The lowest BCUT2D eigenvalue weighted by molar-refractivity contribution is -0.124. The van der Waals surface area contributed by atoms with E-state index in [9.17, 15) is 14.4 Å². The van der Waals surface area contributed by atoms with Crippen LogP contribution >= 0.6 is 0 Å². The number of urea groups is 1. The fourth-order valence-corrected chi connectivity index (χ4v) is 4.86. The van der Waals surface area contributed by atoms with E-state index in [2.05, 4.69) is 10.6 Å². The van der Waals surface area contributed by atoms with Crippen LogP contribution in [0.25, 0.3) is 0 Å². The number of carbonyl (C=O) groups excluding carboxylic acids is 2. The second-order valence-corrected chi connectivity index (χ2v) is 9.34. The first-order chi connectivity index (χ1) is 15.9. The summed E-state index contributed by atoms with van der Waals surface area (Å²) in [6.07, 6.45) is 0.975. The van der Waals surface area contributed by atoms with Gasteiger partial charge in [0, 0.05) is 43.9 Å². The van der Waals surface area contributed by atoms with E-state index >= 15 is 0 Å². The van der Waals surface area contributed by atoms with Gasteiger partial charge in [-0.25, -0.2) is 4.79 Å². The van der Waals surface area contributed by atoms with Crippen molar-refractivity contribution in [3.63, 3.8) is 0 Å². The molecule has 2 N–H and O–H groups in total. The number of methoxy groups -OCH3 is 1. The molecule has 2 aliphatic heterocycles. The molecule has 0 spiro atoms. The Labute approximate surface area is 193 Å². The Morgan fingerprint density at radius 2 is 1.85 bits per heavy atom. The van der Waals surface area contributed by atoms with Crippen molar-refractivity contribution in [1.29, 1.82) is 0 Å². The zero-order chi connectivity index (χ0) is 23.5. The van der Waals surface area contributed by atoms with Gasteiger partial charge < -0.3 is 24.8 Å². The molecule has 0 saturated carbocycles. The molecule has 2 bridgehead atoms. The largest absolute Gasteiger partial charge is 0.497 e. The van der Waals surface area contributed by atoms with E-state index in [1.165, 1.54) is 0 Å². The summed E-state index contributed by atoms with van der Waals surface area (Å²) in [5, 5.41) is 5.89. The second-order valence-electron chi connectivity index (χ2n) is 9.34. The van der Waals surface area contributed by atoms with Crippen molar-refractivity contribution in [3.8, 4) is 5.75 Å². The highest BCUT2D eigenvalue weighted by Crippen LogP contribution is 2.34. The highest BCUT2D eigenvalue weighted by atomic mass is 16.5. The van der Waals surface area contributed by atoms with Crippen LogP contribution in [0.4, 0.5) is 4.79 Å². The first-order valence-electron chi connectivity index (χ1n) is 11.5. The van der Waals surface area contributed by atoms with E-state index in [-0.39, 0.29) is 35.3 Å². The highest BCUT2D eigenvalue weighted by molar-refractivity contribution is 5.87. The molecule has 1 aromatic heterocycles. The summed E-state index contributed by atoms with van der Waals surface area (Å²) < 4.78 is 7.01. The quantitative estimate of drug-likeness (QED) is 0.704. The number of fused-ring (bicyclic) bond motifs is 4. The SMILES string of the molecule is COc1ccc(CNC(=O)[C@@H](NC(=O)N2C[C@@H]3C[C@H](C2)c2cccc(=O)n2C3)C(C)C)cc1. The number of nitrogens with zero attached hydrogens (tertiary/aromatic N) is 2. The number of ether oxygens (including phenoxy) is 1. The molecule has 3 heterocycles. The van der Waals surface area contributed by atoms with Gasteiger partial charge in [0.1, 0.15) is 11.8 Å². The van der Waals surface area contributed by atoms with Gasteiger partial charge in [-0.15, -0.1) is 0 Å². The molecule has 1 aromatic carbocycles. The molecule has 8 heteroatoms. The van der Waals surface area contributed by atoms with Crippen LogP contribution in [-0.4, -0.2) is 47.6 Å². The summed E-state index contributed by atoms with van der Waals surface area (Å²) in [6, 6.07) is 12.0. The molecule has 33 heavy (non-hydrogen) atoms. The van der Waals surface area contributed by atoms with Crippen molar-refractivity contribution in [2.24, 2.45) is 11.8 Å². The number of benzene rings is 1. The Hall–Kier alpha value is -3.29. The Bertz CT molecular complexity index is 1060. The van der Waals surface area contributed by atoms with Crippen molar-refractivity contribution in [2.75, 3.05) is 20.2 Å². The molecule has 8 nitrogen and oxygen atoms in total. The normalized spacial score (nSPS) is 20.1. The van der Waals surface area contributed by atoms with Gasteiger partial charge in [-0.2, -0.15) is 0 Å². The number of pyridine rings is 1. The third-order valence-corrected chi connectivity index (χ3v) is 6.62. The van der Waals surface area contributed by atoms with Gasteiger partial charge in [0.05, 0.1) is 7.11 Å². The summed E-state index contributed by atoms with van der Waals surface area (Å²) in [5.41, 5.74) is 1.97. The summed E-state index contributed by atoms with van der Waals surface area (Å²) in [7, 11) is 1.61. The molecule has 1 saturated heterocycles. The lowest BCUT2D eigenvalue weighted by Gasteiger charge is -2.43. The van der Waals surface area contributed by atoms with Crippen molar-refractivity contribution < 1.29 is 14.3 Å². The standard InChI is InChI=1S/C25H32N4O4/c1-16(2)23(24(31)26-12-17-7-9-20(33-3)10-8-17)27-25(32)28-13-18-11-19(15-28)21-5-4-6-22(30)29(21)14-18/h4-10,16,18-19,23H,11-15H2,1-3H3,(H,26,31)(H,27,32)/t18-,19+,23-/m0/s1. The number of nitrogens with one attached hydrogen (secondary N) is 2. The van der Waals surface area contributed by atoms with Crippen molar-refractivity contribution in [2.45, 2.75) is 45.3 Å². The molecule has 0 aliphatic carbocycles. The van der Waals surface area contributed by atoms with Gasteiger partial charge in [0.25, 0.3) is 5.56 Å². The smallest absolute Gasteiger partial charge is 0.318 e. The summed E-state index contributed by atoms with van der Waals surface area (Å²) >= 11 is 0. The lowest BCUT2D eigenvalue weighted by atomic mass is 9.83. The van der Waals surface area contributed by atoms with Crippen LogP contribution in [0.3, 0.4) is 0 Å². The summed E-state index contributed by atoms with van der Waals surface area (Å²) in [4.78, 5) is 40.0. The monoisotopic (exact) mass is 452 g/mol. The van der Waals surface area contributed by atoms with Gasteiger partial charge in [0.15, 0.2) is 0 Å². The topological polar surface area (TPSA) is 92.7 Å². The van der Waals surface area contributed by atoms with Gasteiger partial charge in [-0.3, -0.25) is 9.59 Å². The van der Waals surface area contributed by atoms with Gasteiger partial charge in [-0.05, 0) is 42.0 Å². The van der Waals surface area contributed by atoms with Gasteiger partial charge in [0.2, 0.25) is 5.91 Å². The Kier molecular flexibility index (Phi) is 6.72. The Morgan fingerprint density at radius 3 is 2.55 bits per heavy atom. The maximum absolute atomic E-state index is 13.1. The molecule has 2 aliphatic rings. The number of amides is 3. The van der Waals surface area contributed by atoms with Crippen LogP contribution in [0.1, 0.15) is 37.4 Å². The molecule has 1 fully saturated rings. The van der Waals surface area contributed by atoms with E-state index in [0.717, 1.165) is 23.4 Å². The van der Waals surface area contributed by atoms with Crippen LogP contribution in [0.5, 0.6) is 5.75 Å². The number of hydrogen-bond donors (Lipinski definition) is 2. The number of rotatable bonds is 6. The molecule has 0 radical (unpaired) electrons. The number of piperidine rings is 1. The van der Waals surface area contributed by atoms with E-state index in [4.69, 9.17) is 4.74 Å². The third-order valence-electron chi connectivity index (χ3n) is 6.62. The first kappa shape index (κ1) is 22.9. The fraction of sp³-hybridized carbons (Fsp3) is 0.480. The zero-order valence-electron chi connectivity index (χ0n) is 19.4.